The Labute approximate surface area is 363 Å². The van der Waals surface area contributed by atoms with E-state index in [1.54, 1.807) is 42.5 Å². The molecule has 61 heavy (non-hydrogen) atoms. The molecule has 1 unspecified atom stereocenters. The zero-order valence-corrected chi connectivity index (χ0v) is 37.2. The number of allylic oxidation sites excluding steroid dienone is 14. The number of aliphatic hydroxyl groups is 3. The molecule has 0 aliphatic heterocycles. The number of aliphatic carboxylic acids is 1. The number of carbonyl (C=O) groups is 3. The first kappa shape index (κ1) is 57.3. The van der Waals surface area contributed by atoms with Crippen LogP contribution in [0.15, 0.2) is 97.2 Å². The zero-order valence-electron chi connectivity index (χ0n) is 36.3. The van der Waals surface area contributed by atoms with Gasteiger partial charge in [-0.3, -0.25) is 23.4 Å². The maximum Gasteiger partial charge on any atom is 0.472 e. The molecular weight excluding hydrogens is 805 g/mol. The summed E-state index contributed by atoms with van der Waals surface area (Å²) < 4.78 is 32.4. The summed E-state index contributed by atoms with van der Waals surface area (Å²) in [6, 6.07) is -1.59. The highest BCUT2D eigenvalue weighted by Gasteiger charge is 2.28. The van der Waals surface area contributed by atoms with Gasteiger partial charge in [0.05, 0.1) is 31.5 Å². The average molecular weight is 880 g/mol. The topological polar surface area (TPSA) is 232 Å². The second-order valence-electron chi connectivity index (χ2n) is 14.3. The van der Waals surface area contributed by atoms with Crippen LogP contribution in [0.5, 0.6) is 0 Å². The van der Waals surface area contributed by atoms with Crippen molar-refractivity contribution in [2.24, 2.45) is 5.73 Å². The second-order valence-corrected chi connectivity index (χ2v) is 15.8. The standard InChI is InChI=1S/C46H74NO13P/c1-3-5-7-8-9-10-11-12-13-14-15-16-17-18-19-24-28-34-44(51)57-36-40(37-58-61(55,56)59-38-41(47)46(53)54)60-45(52)35-29-33-43(50)42(49)32-27-23-21-20-22-26-31-39(48)30-25-6-4-2/h9-10,12-13,15-16,18-23,26-27,31-32,39-43,48-50H,3-8,11,14,17,24-25,28-30,33-38,47H2,1-2H3,(H,53,54)(H,55,56)/b10-9-,13-12-,16-15-,19-18-,22-20-,23-21+,31-26+,32-27+/t39-,40+,41-,42-,43-/m0/s1. The van der Waals surface area contributed by atoms with Gasteiger partial charge in [0.1, 0.15) is 12.6 Å². The Kier molecular flexibility index (Phi) is 36.8. The van der Waals surface area contributed by atoms with Gasteiger partial charge in [0.25, 0.3) is 0 Å². The van der Waals surface area contributed by atoms with Crippen LogP contribution in [0.4, 0.5) is 0 Å². The number of unbranched alkanes of at least 4 members (excludes halogenated alkanes) is 6. The number of carboxylic acids is 1. The number of hydrogen-bond acceptors (Lipinski definition) is 12. The summed E-state index contributed by atoms with van der Waals surface area (Å²) in [5.41, 5.74) is 5.30. The molecule has 0 heterocycles. The van der Waals surface area contributed by atoms with Crippen LogP contribution in [0.3, 0.4) is 0 Å². The maximum atomic E-state index is 12.7. The van der Waals surface area contributed by atoms with E-state index in [2.05, 4.69) is 54.8 Å². The second kappa shape index (κ2) is 39.1. The van der Waals surface area contributed by atoms with Crippen molar-refractivity contribution < 1.29 is 62.8 Å². The summed E-state index contributed by atoms with van der Waals surface area (Å²) in [6.45, 7) is 2.24. The highest BCUT2D eigenvalue weighted by Crippen LogP contribution is 2.43. The van der Waals surface area contributed by atoms with Gasteiger partial charge in [-0.2, -0.15) is 0 Å². The number of carbonyl (C=O) groups excluding carboxylic acids is 2. The summed E-state index contributed by atoms with van der Waals surface area (Å²) in [5, 5.41) is 39.4. The van der Waals surface area contributed by atoms with Crippen molar-refractivity contribution >= 4 is 25.7 Å². The van der Waals surface area contributed by atoms with Gasteiger partial charge in [0.15, 0.2) is 6.10 Å². The number of hydrogen-bond donors (Lipinski definition) is 6. The van der Waals surface area contributed by atoms with E-state index in [0.717, 1.165) is 51.4 Å². The third-order valence-electron chi connectivity index (χ3n) is 8.67. The molecule has 0 aromatic heterocycles. The quantitative estimate of drug-likeness (QED) is 0.0113. The van der Waals surface area contributed by atoms with Gasteiger partial charge < -0.3 is 40.5 Å². The van der Waals surface area contributed by atoms with E-state index < -0.39 is 76.0 Å². The van der Waals surface area contributed by atoms with E-state index in [9.17, 15) is 39.2 Å². The van der Waals surface area contributed by atoms with Gasteiger partial charge in [-0.05, 0) is 64.2 Å². The Hall–Kier alpha value is -3.72. The lowest BCUT2D eigenvalue weighted by Gasteiger charge is -2.20. The number of ether oxygens (including phenoxy) is 2. The van der Waals surface area contributed by atoms with Crippen molar-refractivity contribution in [3.05, 3.63) is 97.2 Å². The van der Waals surface area contributed by atoms with Crippen molar-refractivity contribution in [3.8, 4) is 0 Å². The van der Waals surface area contributed by atoms with Crippen LogP contribution in [0.25, 0.3) is 0 Å². The predicted molar refractivity (Wildman–Crippen MR) is 239 cm³/mol. The monoisotopic (exact) mass is 879 g/mol. The van der Waals surface area contributed by atoms with Crippen LogP contribution in [0.1, 0.15) is 123 Å². The largest absolute Gasteiger partial charge is 0.480 e. The van der Waals surface area contributed by atoms with E-state index >= 15 is 0 Å². The summed E-state index contributed by atoms with van der Waals surface area (Å²) >= 11 is 0. The minimum Gasteiger partial charge on any atom is -0.480 e. The zero-order chi connectivity index (χ0) is 45.4. The molecule has 0 saturated carbocycles. The molecule has 0 aliphatic rings. The number of esters is 2. The molecule has 346 valence electrons. The molecule has 0 aromatic carbocycles. The maximum absolute atomic E-state index is 12.7. The van der Waals surface area contributed by atoms with Gasteiger partial charge in [-0.1, -0.05) is 143 Å². The first-order valence-corrected chi connectivity index (χ1v) is 23.1. The molecule has 14 nitrogen and oxygen atoms in total. The Morgan fingerprint density at radius 1 is 0.623 bits per heavy atom. The summed E-state index contributed by atoms with van der Waals surface area (Å²) in [4.78, 5) is 46.0. The van der Waals surface area contributed by atoms with Crippen molar-refractivity contribution in [2.75, 3.05) is 19.8 Å². The summed E-state index contributed by atoms with van der Waals surface area (Å²) in [5.74, 6) is -2.84. The molecule has 15 heteroatoms. The molecular formula is C46H74NO13P. The SMILES string of the molecule is CCCCC/C=C\C/C=C\C/C=C\C/C=C\CCCC(=O)OC[C@H](COP(=O)(O)OC[C@H](N)C(=O)O)OC(=O)CCC[C@H](O)[C@@H](O)/C=C/C=C/C=C\C=C\[C@@H](O)CCCCC. The van der Waals surface area contributed by atoms with Crippen LogP contribution in [-0.4, -0.2) is 93.5 Å². The van der Waals surface area contributed by atoms with E-state index in [1.807, 2.05) is 12.2 Å². The van der Waals surface area contributed by atoms with Crippen LogP contribution in [0, 0.1) is 0 Å². The predicted octanol–water partition coefficient (Wildman–Crippen LogP) is 8.19. The molecule has 0 fully saturated rings. The van der Waals surface area contributed by atoms with Crippen LogP contribution in [-0.2, 0) is 37.5 Å². The van der Waals surface area contributed by atoms with E-state index in [0.29, 0.717) is 12.8 Å². The lowest BCUT2D eigenvalue weighted by molar-refractivity contribution is -0.161. The lowest BCUT2D eigenvalue weighted by atomic mass is 10.1. The third-order valence-corrected chi connectivity index (χ3v) is 9.62. The Morgan fingerprint density at radius 3 is 1.75 bits per heavy atom. The number of carboxylic acid groups (broad SMARTS) is 1. The lowest BCUT2D eigenvalue weighted by Crippen LogP contribution is -2.34. The first-order valence-electron chi connectivity index (χ1n) is 21.6. The molecule has 0 radical (unpaired) electrons. The molecule has 0 rings (SSSR count). The number of phosphoric acid groups is 1. The number of aliphatic hydroxyl groups excluding tert-OH is 3. The number of rotatable bonds is 38. The van der Waals surface area contributed by atoms with Gasteiger partial charge in [0, 0.05) is 12.8 Å². The number of nitrogens with two attached hydrogens (primary N) is 1. The molecule has 0 spiro atoms. The Morgan fingerprint density at radius 2 is 1.15 bits per heavy atom. The smallest absolute Gasteiger partial charge is 0.472 e. The fraction of sp³-hybridized carbons (Fsp3) is 0.587. The molecule has 0 bridgehead atoms. The molecule has 0 aliphatic carbocycles. The van der Waals surface area contributed by atoms with Gasteiger partial charge in [-0.15, -0.1) is 0 Å². The van der Waals surface area contributed by atoms with E-state index in [1.165, 1.54) is 25.3 Å². The average Bonchev–Trinajstić information content (AvgIpc) is 3.22. The van der Waals surface area contributed by atoms with Crippen molar-refractivity contribution in [2.45, 2.75) is 153 Å². The van der Waals surface area contributed by atoms with E-state index in [4.69, 9.17) is 24.8 Å². The number of phosphoric ester groups is 1. The molecule has 7 N–H and O–H groups in total. The Bertz CT molecular complexity index is 1450. The molecule has 0 saturated heterocycles. The van der Waals surface area contributed by atoms with Gasteiger partial charge >= 0.3 is 25.7 Å². The van der Waals surface area contributed by atoms with Crippen molar-refractivity contribution in [3.63, 3.8) is 0 Å². The van der Waals surface area contributed by atoms with Crippen LogP contribution < -0.4 is 5.73 Å². The van der Waals surface area contributed by atoms with Crippen molar-refractivity contribution in [1.29, 1.82) is 0 Å². The minimum absolute atomic E-state index is 0.0364. The minimum atomic E-state index is -4.83. The molecule has 6 atom stereocenters. The van der Waals surface area contributed by atoms with Crippen LogP contribution >= 0.6 is 7.82 Å². The molecule has 0 amide bonds. The first-order chi connectivity index (χ1) is 29.3. The van der Waals surface area contributed by atoms with Crippen molar-refractivity contribution in [1.82, 2.24) is 0 Å². The van der Waals surface area contributed by atoms with Gasteiger partial charge in [-0.25, -0.2) is 4.57 Å². The highest BCUT2D eigenvalue weighted by molar-refractivity contribution is 7.47. The Balaban J connectivity index is 4.82. The van der Waals surface area contributed by atoms with Crippen LogP contribution in [0.2, 0.25) is 0 Å². The van der Waals surface area contributed by atoms with Gasteiger partial charge in [0.2, 0.25) is 0 Å². The van der Waals surface area contributed by atoms with E-state index in [-0.39, 0.29) is 25.7 Å². The molecule has 0 aromatic rings. The highest BCUT2D eigenvalue weighted by atomic mass is 31.2. The fourth-order valence-electron chi connectivity index (χ4n) is 5.09. The third kappa shape index (κ3) is 37.7. The summed E-state index contributed by atoms with van der Waals surface area (Å²) in [7, 11) is -4.83. The normalized spacial score (nSPS) is 16.2. The summed E-state index contributed by atoms with van der Waals surface area (Å²) in [6.07, 6.45) is 38.5. The fourth-order valence-corrected chi connectivity index (χ4v) is 5.86.